The number of carbonyl (C=O) groups excluding carboxylic acids is 1. The molecule has 1 amide bonds. The summed E-state index contributed by atoms with van der Waals surface area (Å²) in [6.45, 7) is 5.51. The van der Waals surface area contributed by atoms with Crippen molar-refractivity contribution in [2.24, 2.45) is 5.92 Å². The number of fused-ring (bicyclic) bond motifs is 1. The molecule has 0 bridgehead atoms. The van der Waals surface area contributed by atoms with Crippen molar-refractivity contribution < 1.29 is 14.7 Å². The number of para-hydroxylation sites is 1. The zero-order chi connectivity index (χ0) is 16.3. The van der Waals surface area contributed by atoms with Gasteiger partial charge in [-0.2, -0.15) is 0 Å². The fourth-order valence-electron chi connectivity index (χ4n) is 2.22. The molecule has 0 aliphatic rings. The van der Waals surface area contributed by atoms with Crippen molar-refractivity contribution in [3.05, 3.63) is 42.1 Å². The summed E-state index contributed by atoms with van der Waals surface area (Å²) in [6.07, 6.45) is -0.135. The van der Waals surface area contributed by atoms with Crippen LogP contribution in [0.1, 0.15) is 37.7 Å². The quantitative estimate of drug-likeness (QED) is 0.890. The van der Waals surface area contributed by atoms with Gasteiger partial charge in [0.15, 0.2) is 0 Å². The topological polar surface area (TPSA) is 79.3 Å². The second kappa shape index (κ2) is 6.13. The molecular weight excluding hydrogens is 280 g/mol. The fraction of sp³-hybridized carbons (Fsp3) is 0.353. The number of carboxylic acid groups (broad SMARTS) is 1. The molecule has 116 valence electrons. The van der Waals surface area contributed by atoms with Gasteiger partial charge in [-0.05, 0) is 25.0 Å². The molecule has 0 radical (unpaired) electrons. The molecule has 1 atom stereocenters. The molecule has 2 N–H and O–H groups in total. The van der Waals surface area contributed by atoms with Crippen LogP contribution in [0.4, 0.5) is 0 Å². The van der Waals surface area contributed by atoms with Crippen molar-refractivity contribution in [2.45, 2.75) is 32.7 Å². The lowest BCUT2D eigenvalue weighted by Crippen LogP contribution is -2.51. The lowest BCUT2D eigenvalue weighted by Gasteiger charge is -2.33. The molecule has 1 aromatic heterocycles. The van der Waals surface area contributed by atoms with E-state index in [2.05, 4.69) is 10.3 Å². The number of aliphatic carboxylic acids is 1. The smallest absolute Gasteiger partial charge is 0.305 e. The molecular formula is C17H20N2O3. The third-order valence-electron chi connectivity index (χ3n) is 4.02. The second-order valence-electron chi connectivity index (χ2n) is 5.99. The number of carbonyl (C=O) groups is 2. The first-order valence-electron chi connectivity index (χ1n) is 7.22. The van der Waals surface area contributed by atoms with E-state index < -0.39 is 11.5 Å². The van der Waals surface area contributed by atoms with Gasteiger partial charge in [0.1, 0.15) is 5.69 Å². The molecule has 5 heteroatoms. The Balaban J connectivity index is 2.27. The van der Waals surface area contributed by atoms with E-state index in [1.165, 1.54) is 0 Å². The lowest BCUT2D eigenvalue weighted by atomic mass is 9.85. The molecule has 1 heterocycles. The largest absolute Gasteiger partial charge is 0.481 e. The summed E-state index contributed by atoms with van der Waals surface area (Å²) in [4.78, 5) is 27.8. The van der Waals surface area contributed by atoms with Crippen LogP contribution in [0.5, 0.6) is 0 Å². The molecule has 0 aliphatic carbocycles. The minimum atomic E-state index is -0.942. The number of amides is 1. The van der Waals surface area contributed by atoms with Crippen molar-refractivity contribution in [1.82, 2.24) is 10.3 Å². The van der Waals surface area contributed by atoms with Gasteiger partial charge in [-0.3, -0.25) is 9.59 Å². The van der Waals surface area contributed by atoms with E-state index in [1.54, 1.807) is 13.0 Å². The Morgan fingerprint density at radius 2 is 1.91 bits per heavy atom. The van der Waals surface area contributed by atoms with Crippen LogP contribution >= 0.6 is 0 Å². The maximum atomic E-state index is 12.4. The highest BCUT2D eigenvalue weighted by molar-refractivity contribution is 5.95. The van der Waals surface area contributed by atoms with Crippen molar-refractivity contribution in [1.29, 1.82) is 0 Å². The number of benzene rings is 1. The highest BCUT2D eigenvalue weighted by atomic mass is 16.4. The SMILES string of the molecule is CC(C)C(C)(CC(=O)O)NC(=O)c1ccc2ccccc2n1. The molecule has 0 fully saturated rings. The molecule has 1 aromatic carbocycles. The number of carboxylic acids is 1. The van der Waals surface area contributed by atoms with E-state index in [1.807, 2.05) is 44.2 Å². The van der Waals surface area contributed by atoms with E-state index in [0.29, 0.717) is 0 Å². The minimum absolute atomic E-state index is 0.0204. The summed E-state index contributed by atoms with van der Waals surface area (Å²) in [6, 6.07) is 11.0. The third-order valence-corrected chi connectivity index (χ3v) is 4.02. The van der Waals surface area contributed by atoms with E-state index in [4.69, 9.17) is 5.11 Å². The highest BCUT2D eigenvalue weighted by Crippen LogP contribution is 2.21. The van der Waals surface area contributed by atoms with Crippen molar-refractivity contribution in [2.75, 3.05) is 0 Å². The molecule has 0 saturated carbocycles. The number of hydrogen-bond donors (Lipinski definition) is 2. The summed E-state index contributed by atoms with van der Waals surface area (Å²) >= 11 is 0. The first-order chi connectivity index (χ1) is 10.3. The summed E-state index contributed by atoms with van der Waals surface area (Å²) < 4.78 is 0. The van der Waals surface area contributed by atoms with Crippen LogP contribution in [0.3, 0.4) is 0 Å². The zero-order valence-electron chi connectivity index (χ0n) is 13.0. The first kappa shape index (κ1) is 15.9. The summed E-state index contributed by atoms with van der Waals surface area (Å²) in [7, 11) is 0. The Labute approximate surface area is 129 Å². The molecule has 1 unspecified atom stereocenters. The molecule has 5 nitrogen and oxygen atoms in total. The molecule has 0 aliphatic heterocycles. The van der Waals surface area contributed by atoms with E-state index >= 15 is 0 Å². The van der Waals surface area contributed by atoms with Crippen LogP contribution in [-0.4, -0.2) is 27.5 Å². The number of nitrogens with one attached hydrogen (secondary N) is 1. The van der Waals surface area contributed by atoms with Gasteiger partial charge >= 0.3 is 5.97 Å². The lowest BCUT2D eigenvalue weighted by molar-refractivity contribution is -0.138. The number of hydrogen-bond acceptors (Lipinski definition) is 3. The average molecular weight is 300 g/mol. The predicted molar refractivity (Wildman–Crippen MR) is 84.7 cm³/mol. The van der Waals surface area contributed by atoms with Gasteiger partial charge in [-0.25, -0.2) is 4.98 Å². The van der Waals surface area contributed by atoms with Gasteiger partial charge in [-0.15, -0.1) is 0 Å². The van der Waals surface area contributed by atoms with Gasteiger partial charge in [0.25, 0.3) is 5.91 Å². The first-order valence-corrected chi connectivity index (χ1v) is 7.22. The third kappa shape index (κ3) is 3.42. The molecule has 0 spiro atoms. The summed E-state index contributed by atoms with van der Waals surface area (Å²) in [5.74, 6) is -1.32. The van der Waals surface area contributed by atoms with E-state index in [-0.39, 0.29) is 23.9 Å². The van der Waals surface area contributed by atoms with Gasteiger partial charge in [0.2, 0.25) is 0 Å². The summed E-state index contributed by atoms with van der Waals surface area (Å²) in [5, 5.41) is 12.8. The Morgan fingerprint density at radius 1 is 1.23 bits per heavy atom. The van der Waals surface area contributed by atoms with Crippen molar-refractivity contribution >= 4 is 22.8 Å². The van der Waals surface area contributed by atoms with Crippen LogP contribution in [0.2, 0.25) is 0 Å². The van der Waals surface area contributed by atoms with Gasteiger partial charge in [0.05, 0.1) is 17.5 Å². The standard InChI is InChI=1S/C17H20N2O3/c1-11(2)17(3,10-15(20)21)19-16(22)14-9-8-12-6-4-5-7-13(12)18-14/h4-9,11H,10H2,1-3H3,(H,19,22)(H,20,21). The molecule has 0 saturated heterocycles. The number of rotatable bonds is 5. The highest BCUT2D eigenvalue weighted by Gasteiger charge is 2.33. The Morgan fingerprint density at radius 3 is 2.55 bits per heavy atom. The molecule has 22 heavy (non-hydrogen) atoms. The van der Waals surface area contributed by atoms with Gasteiger partial charge < -0.3 is 10.4 Å². The normalized spacial score (nSPS) is 13.8. The zero-order valence-corrected chi connectivity index (χ0v) is 13.0. The van der Waals surface area contributed by atoms with Crippen LogP contribution in [-0.2, 0) is 4.79 Å². The van der Waals surface area contributed by atoms with Gasteiger partial charge in [0, 0.05) is 5.39 Å². The number of nitrogens with zero attached hydrogens (tertiary/aromatic N) is 1. The Kier molecular flexibility index (Phi) is 4.45. The van der Waals surface area contributed by atoms with Crippen LogP contribution in [0, 0.1) is 5.92 Å². The van der Waals surface area contributed by atoms with Crippen LogP contribution < -0.4 is 5.32 Å². The minimum Gasteiger partial charge on any atom is -0.481 e. The molecule has 2 rings (SSSR count). The maximum Gasteiger partial charge on any atom is 0.305 e. The number of aromatic nitrogens is 1. The van der Waals surface area contributed by atoms with Crippen LogP contribution in [0.25, 0.3) is 10.9 Å². The predicted octanol–water partition coefficient (Wildman–Crippen LogP) is 2.85. The molecule has 2 aromatic rings. The fourth-order valence-corrected chi connectivity index (χ4v) is 2.22. The average Bonchev–Trinajstić information content (AvgIpc) is 2.45. The summed E-state index contributed by atoms with van der Waals surface area (Å²) in [5.41, 5.74) is 0.201. The Bertz CT molecular complexity index is 712. The second-order valence-corrected chi connectivity index (χ2v) is 5.99. The van der Waals surface area contributed by atoms with Crippen molar-refractivity contribution in [3.63, 3.8) is 0 Å². The van der Waals surface area contributed by atoms with Crippen molar-refractivity contribution in [3.8, 4) is 0 Å². The monoisotopic (exact) mass is 300 g/mol. The maximum absolute atomic E-state index is 12.4. The number of pyridine rings is 1. The van der Waals surface area contributed by atoms with Crippen LogP contribution in [0.15, 0.2) is 36.4 Å². The van der Waals surface area contributed by atoms with Gasteiger partial charge in [-0.1, -0.05) is 38.1 Å². The Hall–Kier alpha value is -2.43. The van der Waals surface area contributed by atoms with E-state index in [0.717, 1.165) is 10.9 Å². The van der Waals surface area contributed by atoms with E-state index in [9.17, 15) is 9.59 Å².